The third-order valence-corrected chi connectivity index (χ3v) is 6.90. The molecule has 0 saturated carbocycles. The van der Waals surface area contributed by atoms with Gasteiger partial charge in [0.25, 0.3) is 11.6 Å². The predicted octanol–water partition coefficient (Wildman–Crippen LogP) is 3.97. The fourth-order valence-electron chi connectivity index (χ4n) is 4.23. The summed E-state index contributed by atoms with van der Waals surface area (Å²) in [5.41, 5.74) is 2.32. The van der Waals surface area contributed by atoms with E-state index < -0.39 is 4.92 Å². The van der Waals surface area contributed by atoms with Gasteiger partial charge in [0.1, 0.15) is 0 Å². The minimum Gasteiger partial charge on any atom is -0.493 e. The van der Waals surface area contributed by atoms with Crippen LogP contribution < -0.4 is 14.8 Å². The molecule has 3 aromatic rings. The first-order valence-corrected chi connectivity index (χ1v) is 11.9. The number of methoxy groups -OCH3 is 2. The zero-order valence-electron chi connectivity index (χ0n) is 19.4. The molecule has 10 heteroatoms. The van der Waals surface area contributed by atoms with Gasteiger partial charge in [-0.1, -0.05) is 6.07 Å². The highest BCUT2D eigenvalue weighted by molar-refractivity contribution is 7.10. The standard InChI is InChI=1S/C25H25N3O6S/c1-33-20-14-17-10-12-27(24(22-4-3-13-35-22)19(17)15-21(20)34-2)23(29)9-11-26-25(30)16-5-7-18(8-6-16)28(31)32/h3-8,13-15,24H,9-12H2,1-2H3,(H,26,30)/t24-/m0/s1. The number of benzene rings is 2. The average Bonchev–Trinajstić information content (AvgIpc) is 3.41. The zero-order valence-corrected chi connectivity index (χ0v) is 20.2. The molecule has 0 unspecified atom stereocenters. The number of amides is 2. The summed E-state index contributed by atoms with van der Waals surface area (Å²) in [6, 6.07) is 13.0. The summed E-state index contributed by atoms with van der Waals surface area (Å²) in [4.78, 5) is 38.8. The summed E-state index contributed by atoms with van der Waals surface area (Å²) in [5.74, 6) is 0.804. The molecule has 2 heterocycles. The number of ether oxygens (including phenoxy) is 2. The van der Waals surface area contributed by atoms with Gasteiger partial charge in [0.15, 0.2) is 11.5 Å². The highest BCUT2D eigenvalue weighted by Gasteiger charge is 2.33. The Hall–Kier alpha value is -3.92. The Morgan fingerprint density at radius 3 is 2.49 bits per heavy atom. The number of nitro groups is 1. The summed E-state index contributed by atoms with van der Waals surface area (Å²) in [5, 5.41) is 15.5. The number of hydrogen-bond donors (Lipinski definition) is 1. The molecule has 1 aliphatic heterocycles. The van der Waals surface area contributed by atoms with Crippen LogP contribution >= 0.6 is 11.3 Å². The first kappa shape index (κ1) is 24.2. The number of nitrogens with zero attached hydrogens (tertiary/aromatic N) is 2. The Balaban J connectivity index is 1.48. The van der Waals surface area contributed by atoms with Crippen molar-refractivity contribution in [3.8, 4) is 11.5 Å². The van der Waals surface area contributed by atoms with Crippen LogP contribution in [0.4, 0.5) is 5.69 Å². The monoisotopic (exact) mass is 495 g/mol. The van der Waals surface area contributed by atoms with Gasteiger partial charge in [0.2, 0.25) is 5.91 Å². The number of rotatable bonds is 8. The Labute approximate surface area is 206 Å². The van der Waals surface area contributed by atoms with Crippen molar-refractivity contribution in [2.75, 3.05) is 27.3 Å². The molecular weight excluding hydrogens is 470 g/mol. The van der Waals surface area contributed by atoms with Gasteiger partial charge in [-0.3, -0.25) is 19.7 Å². The summed E-state index contributed by atoms with van der Waals surface area (Å²) in [7, 11) is 3.19. The van der Waals surface area contributed by atoms with Crippen LogP contribution in [0.3, 0.4) is 0 Å². The number of nitrogens with one attached hydrogen (secondary N) is 1. The number of carbonyl (C=O) groups excluding carboxylic acids is 2. The highest BCUT2D eigenvalue weighted by atomic mass is 32.1. The summed E-state index contributed by atoms with van der Waals surface area (Å²) >= 11 is 1.58. The van der Waals surface area contributed by atoms with E-state index in [1.807, 2.05) is 34.5 Å². The molecule has 0 saturated heterocycles. The molecule has 0 spiro atoms. The van der Waals surface area contributed by atoms with Crippen molar-refractivity contribution in [2.45, 2.75) is 18.9 Å². The van der Waals surface area contributed by atoms with E-state index in [9.17, 15) is 19.7 Å². The maximum Gasteiger partial charge on any atom is 0.269 e. The van der Waals surface area contributed by atoms with Crippen molar-refractivity contribution in [3.63, 3.8) is 0 Å². The van der Waals surface area contributed by atoms with Crippen LogP contribution in [0.1, 0.15) is 38.8 Å². The van der Waals surface area contributed by atoms with Crippen molar-refractivity contribution >= 4 is 28.8 Å². The van der Waals surface area contributed by atoms with E-state index in [4.69, 9.17) is 9.47 Å². The number of nitro benzene ring substituents is 1. The van der Waals surface area contributed by atoms with Crippen molar-refractivity contribution < 1.29 is 24.0 Å². The molecule has 1 atom stereocenters. The van der Waals surface area contributed by atoms with E-state index in [2.05, 4.69) is 5.32 Å². The van der Waals surface area contributed by atoms with Crippen LogP contribution in [-0.2, 0) is 11.2 Å². The lowest BCUT2D eigenvalue weighted by molar-refractivity contribution is -0.384. The number of non-ortho nitro benzene ring substituents is 1. The Morgan fingerprint density at radius 2 is 1.86 bits per heavy atom. The SMILES string of the molecule is COc1cc2c(cc1OC)[C@@H](c1cccs1)N(C(=O)CCNC(=O)c1ccc([N+](=O)[O-])cc1)CC2. The van der Waals surface area contributed by atoms with Crippen LogP contribution in [0.5, 0.6) is 11.5 Å². The van der Waals surface area contributed by atoms with Crippen molar-refractivity contribution in [1.82, 2.24) is 10.2 Å². The van der Waals surface area contributed by atoms with E-state index in [-0.39, 0.29) is 36.5 Å². The van der Waals surface area contributed by atoms with E-state index >= 15 is 0 Å². The predicted molar refractivity (Wildman–Crippen MR) is 131 cm³/mol. The van der Waals surface area contributed by atoms with Gasteiger partial charge < -0.3 is 19.7 Å². The second-order valence-corrected chi connectivity index (χ2v) is 8.95. The van der Waals surface area contributed by atoms with Gasteiger partial charge in [0.05, 0.1) is 25.2 Å². The Kier molecular flexibility index (Phi) is 7.31. The molecule has 0 fully saturated rings. The summed E-state index contributed by atoms with van der Waals surface area (Å²) in [6.07, 6.45) is 0.807. The molecule has 35 heavy (non-hydrogen) atoms. The minimum atomic E-state index is -0.521. The lowest BCUT2D eigenvalue weighted by Crippen LogP contribution is -2.41. The van der Waals surface area contributed by atoms with Crippen LogP contribution in [0.2, 0.25) is 0 Å². The first-order chi connectivity index (χ1) is 16.9. The second kappa shape index (κ2) is 10.6. The fraction of sp³-hybridized carbons (Fsp3) is 0.280. The maximum atomic E-state index is 13.3. The number of hydrogen-bond acceptors (Lipinski definition) is 7. The smallest absolute Gasteiger partial charge is 0.269 e. The lowest BCUT2D eigenvalue weighted by Gasteiger charge is -2.37. The van der Waals surface area contributed by atoms with E-state index in [0.29, 0.717) is 30.0 Å². The third kappa shape index (κ3) is 5.12. The topological polar surface area (TPSA) is 111 Å². The van der Waals surface area contributed by atoms with Crippen LogP contribution in [0.25, 0.3) is 0 Å². The molecule has 0 bridgehead atoms. The largest absolute Gasteiger partial charge is 0.493 e. The molecule has 1 aliphatic rings. The van der Waals surface area contributed by atoms with Gasteiger partial charge in [-0.25, -0.2) is 0 Å². The highest BCUT2D eigenvalue weighted by Crippen LogP contribution is 2.42. The molecule has 0 radical (unpaired) electrons. The van der Waals surface area contributed by atoms with Crippen molar-refractivity contribution in [3.05, 3.63) is 85.6 Å². The van der Waals surface area contributed by atoms with Crippen LogP contribution in [0.15, 0.2) is 53.9 Å². The van der Waals surface area contributed by atoms with Gasteiger partial charge >= 0.3 is 0 Å². The number of fused-ring (bicyclic) bond motifs is 1. The second-order valence-electron chi connectivity index (χ2n) is 7.97. The van der Waals surface area contributed by atoms with Crippen LogP contribution in [-0.4, -0.2) is 48.9 Å². The van der Waals surface area contributed by atoms with Crippen molar-refractivity contribution in [2.24, 2.45) is 0 Å². The molecule has 1 aromatic heterocycles. The normalized spacial score (nSPS) is 14.7. The lowest BCUT2D eigenvalue weighted by atomic mass is 9.90. The zero-order chi connectivity index (χ0) is 24.9. The molecule has 2 amide bonds. The molecule has 182 valence electrons. The van der Waals surface area contributed by atoms with Crippen molar-refractivity contribution in [1.29, 1.82) is 0 Å². The third-order valence-electron chi connectivity index (χ3n) is 5.97. The molecule has 9 nitrogen and oxygen atoms in total. The van der Waals surface area contributed by atoms with Gasteiger partial charge in [-0.15, -0.1) is 11.3 Å². The van der Waals surface area contributed by atoms with E-state index in [1.54, 1.807) is 25.6 Å². The Morgan fingerprint density at radius 1 is 1.14 bits per heavy atom. The molecule has 4 rings (SSSR count). The summed E-state index contributed by atoms with van der Waals surface area (Å²) < 4.78 is 11.0. The van der Waals surface area contributed by atoms with E-state index in [1.165, 1.54) is 24.3 Å². The maximum absolute atomic E-state index is 13.3. The molecule has 2 aromatic carbocycles. The molecular formula is C25H25N3O6S. The first-order valence-electron chi connectivity index (χ1n) is 11.0. The van der Waals surface area contributed by atoms with Gasteiger partial charge in [-0.05, 0) is 53.3 Å². The average molecular weight is 496 g/mol. The number of carbonyl (C=O) groups is 2. The van der Waals surface area contributed by atoms with Gasteiger partial charge in [0, 0.05) is 42.1 Å². The quantitative estimate of drug-likeness (QED) is 0.374. The molecule has 0 aliphatic carbocycles. The van der Waals surface area contributed by atoms with Gasteiger partial charge in [-0.2, -0.15) is 0 Å². The van der Waals surface area contributed by atoms with Crippen LogP contribution in [0, 0.1) is 10.1 Å². The minimum absolute atomic E-state index is 0.0761. The fourth-order valence-corrected chi connectivity index (χ4v) is 5.09. The van der Waals surface area contributed by atoms with E-state index in [0.717, 1.165) is 16.0 Å². The molecule has 1 N–H and O–H groups in total. The number of thiophene rings is 1. The Bertz CT molecular complexity index is 1230. The summed E-state index contributed by atoms with van der Waals surface area (Å²) in [6.45, 7) is 0.696.